The molecule has 2 aromatic carbocycles. The number of nitrogens with one attached hydrogen (secondary N) is 1. The van der Waals surface area contributed by atoms with E-state index in [0.29, 0.717) is 6.04 Å². The van der Waals surface area contributed by atoms with Gasteiger partial charge in [-0.2, -0.15) is 0 Å². The van der Waals surface area contributed by atoms with Crippen LogP contribution in [-0.4, -0.2) is 17.5 Å². The first-order valence-electron chi connectivity index (χ1n) is 16.4. The Balaban J connectivity index is 1.30. The number of nitrogens with zero attached hydrogens (tertiary/aromatic N) is 1. The summed E-state index contributed by atoms with van der Waals surface area (Å²) in [7, 11) is 0. The summed E-state index contributed by atoms with van der Waals surface area (Å²) in [4.78, 5) is 2.76. The summed E-state index contributed by atoms with van der Waals surface area (Å²) in [5.41, 5.74) is 14.4. The van der Waals surface area contributed by atoms with Gasteiger partial charge in [-0.1, -0.05) is 88.6 Å². The van der Waals surface area contributed by atoms with Crippen LogP contribution in [0.4, 0.5) is 5.69 Å². The summed E-state index contributed by atoms with van der Waals surface area (Å²) < 4.78 is 0. The monoisotopic (exact) mass is 546 g/mol. The van der Waals surface area contributed by atoms with Gasteiger partial charge in [0.05, 0.1) is 6.04 Å². The smallest absolute Gasteiger partial charge is 0.0559 e. The van der Waals surface area contributed by atoms with Crippen LogP contribution in [-0.2, 0) is 5.41 Å². The number of hydrogen-bond acceptors (Lipinski definition) is 2. The average Bonchev–Trinajstić information content (AvgIpc) is 3.22. The fourth-order valence-corrected chi connectivity index (χ4v) is 8.34. The number of benzene rings is 2. The van der Waals surface area contributed by atoms with Crippen LogP contribution in [0.3, 0.4) is 0 Å². The lowest BCUT2D eigenvalue weighted by atomic mass is 9.79. The van der Waals surface area contributed by atoms with Crippen molar-refractivity contribution >= 4 is 11.3 Å². The fourth-order valence-electron chi connectivity index (χ4n) is 8.34. The first-order chi connectivity index (χ1) is 19.9. The van der Waals surface area contributed by atoms with Gasteiger partial charge in [0.1, 0.15) is 0 Å². The van der Waals surface area contributed by atoms with E-state index in [-0.39, 0.29) is 5.41 Å². The van der Waals surface area contributed by atoms with Crippen molar-refractivity contribution in [3.05, 3.63) is 106 Å². The lowest BCUT2D eigenvalue weighted by Gasteiger charge is -2.42. The van der Waals surface area contributed by atoms with Crippen LogP contribution in [0, 0.1) is 0 Å². The van der Waals surface area contributed by atoms with E-state index < -0.39 is 0 Å². The highest BCUT2D eigenvalue weighted by molar-refractivity contribution is 5.83. The van der Waals surface area contributed by atoms with Crippen LogP contribution in [0.1, 0.15) is 121 Å². The Bertz CT molecular complexity index is 1380. The molecule has 0 bridgehead atoms. The second kappa shape index (κ2) is 11.7. The van der Waals surface area contributed by atoms with Crippen molar-refractivity contribution in [3.8, 4) is 0 Å². The Kier molecular flexibility index (Phi) is 8.03. The molecule has 4 aliphatic carbocycles. The van der Waals surface area contributed by atoms with Gasteiger partial charge >= 0.3 is 0 Å². The Labute approximate surface area is 249 Å². The lowest BCUT2D eigenvalue weighted by molar-refractivity contribution is 0.250. The standard InChI is InChI=1S/C39H50N2/c1-6-25-41(31-23-24-33-32-15-10-11-16-34(32)39(4,5)35(33)26-31)37-18-12-17-36(38(37)27(2)3)40-30-21-19-29(20-22-30)28-13-8-7-9-14-28/h10-11,15-16,19-22,26,28,37,40H,2,6-9,12-14,17-18,23-25H2,1,3-5H3. The zero-order chi connectivity index (χ0) is 28.6. The molecule has 41 heavy (non-hydrogen) atoms. The number of fused-ring (bicyclic) bond motifs is 2. The van der Waals surface area contributed by atoms with Crippen LogP contribution in [0.5, 0.6) is 0 Å². The van der Waals surface area contributed by atoms with Crippen LogP contribution < -0.4 is 5.32 Å². The summed E-state index contributed by atoms with van der Waals surface area (Å²) in [5, 5.41) is 3.90. The molecule has 0 saturated heterocycles. The van der Waals surface area contributed by atoms with Crippen LogP contribution in [0.15, 0.2) is 89.3 Å². The number of anilines is 1. The summed E-state index contributed by atoms with van der Waals surface area (Å²) in [6.07, 6.45) is 16.4. The zero-order valence-electron chi connectivity index (χ0n) is 26.0. The van der Waals surface area contributed by atoms with Gasteiger partial charge < -0.3 is 10.2 Å². The molecule has 216 valence electrons. The minimum absolute atomic E-state index is 0.0611. The molecular formula is C39H50N2. The number of hydrogen-bond donors (Lipinski definition) is 1. The van der Waals surface area contributed by atoms with Gasteiger partial charge in [-0.3, -0.25) is 0 Å². The third-order valence-electron chi connectivity index (χ3n) is 10.4. The van der Waals surface area contributed by atoms with Crippen molar-refractivity contribution in [1.29, 1.82) is 0 Å². The molecule has 1 unspecified atom stereocenters. The van der Waals surface area contributed by atoms with Gasteiger partial charge in [0.2, 0.25) is 0 Å². The quantitative estimate of drug-likeness (QED) is 0.354. The second-order valence-corrected chi connectivity index (χ2v) is 13.6. The first-order valence-corrected chi connectivity index (χ1v) is 16.4. The SMILES string of the molecule is C=C(C)C1=C(Nc2ccc(C3CCCCC3)cc2)CCCC1N(CCC)C1=CC2=C(CC1)c1ccccc1C2(C)C. The summed E-state index contributed by atoms with van der Waals surface area (Å²) in [5.74, 6) is 0.752. The molecule has 0 radical (unpaired) electrons. The van der Waals surface area contributed by atoms with Crippen LogP contribution in [0.2, 0.25) is 0 Å². The molecule has 0 heterocycles. The molecule has 2 heteroatoms. The van der Waals surface area contributed by atoms with E-state index in [1.165, 1.54) is 95.4 Å². The molecule has 0 spiro atoms. The zero-order valence-corrected chi connectivity index (χ0v) is 26.0. The molecule has 0 aliphatic heterocycles. The molecule has 1 fully saturated rings. The minimum atomic E-state index is 0.0611. The molecule has 6 rings (SSSR count). The highest BCUT2D eigenvalue weighted by Gasteiger charge is 2.39. The normalized spacial score (nSPS) is 22.2. The maximum Gasteiger partial charge on any atom is 0.0559 e. The van der Waals surface area contributed by atoms with Gasteiger partial charge in [0, 0.05) is 29.0 Å². The third-order valence-corrected chi connectivity index (χ3v) is 10.4. The minimum Gasteiger partial charge on any atom is -0.368 e. The molecule has 2 nitrogen and oxygen atoms in total. The molecule has 1 atom stereocenters. The summed E-state index contributed by atoms with van der Waals surface area (Å²) in [6.45, 7) is 15.0. The van der Waals surface area contributed by atoms with E-state index >= 15 is 0 Å². The second-order valence-electron chi connectivity index (χ2n) is 13.6. The van der Waals surface area contributed by atoms with Crippen LogP contribution >= 0.6 is 0 Å². The van der Waals surface area contributed by atoms with Gasteiger partial charge in [0.25, 0.3) is 0 Å². The van der Waals surface area contributed by atoms with Crippen LogP contribution in [0.25, 0.3) is 5.57 Å². The largest absolute Gasteiger partial charge is 0.368 e. The van der Waals surface area contributed by atoms with E-state index in [1.54, 1.807) is 5.57 Å². The molecule has 4 aliphatic rings. The number of allylic oxidation sites excluding steroid dienone is 5. The Hall–Kier alpha value is -3.00. The van der Waals surface area contributed by atoms with Crippen molar-refractivity contribution in [1.82, 2.24) is 4.90 Å². The van der Waals surface area contributed by atoms with Gasteiger partial charge in [0.15, 0.2) is 0 Å². The Morgan fingerprint density at radius 3 is 2.41 bits per heavy atom. The Morgan fingerprint density at radius 2 is 1.68 bits per heavy atom. The summed E-state index contributed by atoms with van der Waals surface area (Å²) in [6, 6.07) is 18.9. The third kappa shape index (κ3) is 5.36. The summed E-state index contributed by atoms with van der Waals surface area (Å²) >= 11 is 0. The van der Waals surface area contributed by atoms with E-state index in [4.69, 9.17) is 0 Å². The van der Waals surface area contributed by atoms with Crippen molar-refractivity contribution in [3.63, 3.8) is 0 Å². The lowest BCUT2D eigenvalue weighted by Crippen LogP contribution is -2.40. The molecule has 0 aromatic heterocycles. The molecular weight excluding hydrogens is 496 g/mol. The van der Waals surface area contributed by atoms with Gasteiger partial charge in [-0.25, -0.2) is 0 Å². The van der Waals surface area contributed by atoms with Gasteiger partial charge in [-0.05, 0) is 116 Å². The molecule has 2 aromatic rings. The maximum absolute atomic E-state index is 4.53. The molecule has 1 N–H and O–H groups in total. The van der Waals surface area contributed by atoms with Crippen molar-refractivity contribution in [2.75, 3.05) is 11.9 Å². The molecule has 1 saturated carbocycles. The average molecular weight is 547 g/mol. The van der Waals surface area contributed by atoms with Crippen molar-refractivity contribution in [2.45, 2.75) is 116 Å². The number of rotatable bonds is 8. The highest BCUT2D eigenvalue weighted by Crippen LogP contribution is 2.51. The van der Waals surface area contributed by atoms with E-state index in [9.17, 15) is 0 Å². The predicted molar refractivity (Wildman–Crippen MR) is 176 cm³/mol. The van der Waals surface area contributed by atoms with E-state index in [2.05, 4.69) is 99.1 Å². The topological polar surface area (TPSA) is 15.3 Å². The van der Waals surface area contributed by atoms with E-state index in [1.807, 2.05) is 0 Å². The predicted octanol–water partition coefficient (Wildman–Crippen LogP) is 10.7. The fraction of sp³-hybridized carbons (Fsp3) is 0.487. The van der Waals surface area contributed by atoms with Crippen molar-refractivity contribution < 1.29 is 0 Å². The highest BCUT2D eigenvalue weighted by atomic mass is 15.2. The molecule has 0 amide bonds. The van der Waals surface area contributed by atoms with Crippen molar-refractivity contribution in [2.24, 2.45) is 0 Å². The Morgan fingerprint density at radius 1 is 0.927 bits per heavy atom. The maximum atomic E-state index is 4.53. The first kappa shape index (κ1) is 28.1. The van der Waals surface area contributed by atoms with Gasteiger partial charge in [-0.15, -0.1) is 0 Å². The van der Waals surface area contributed by atoms with E-state index in [0.717, 1.165) is 38.1 Å².